The molecule has 6 nitrogen and oxygen atoms in total. The summed E-state index contributed by atoms with van der Waals surface area (Å²) in [7, 11) is 0. The first kappa shape index (κ1) is 19.9. The van der Waals surface area contributed by atoms with Crippen LogP contribution in [0.4, 0.5) is 10.5 Å². The van der Waals surface area contributed by atoms with Crippen molar-refractivity contribution in [2.75, 3.05) is 18.5 Å². The number of benzene rings is 2. The predicted molar refractivity (Wildman–Crippen MR) is 111 cm³/mol. The van der Waals surface area contributed by atoms with Crippen LogP contribution in [0.1, 0.15) is 30.9 Å². The summed E-state index contributed by atoms with van der Waals surface area (Å²) in [6.07, 6.45) is -1.24. The first-order valence-corrected chi connectivity index (χ1v) is 10.2. The number of amides is 1. The Morgan fingerprint density at radius 1 is 1.03 bits per heavy atom. The summed E-state index contributed by atoms with van der Waals surface area (Å²) < 4.78 is 17.4. The van der Waals surface area contributed by atoms with Crippen LogP contribution in [0, 0.1) is 0 Å². The zero-order valence-corrected chi connectivity index (χ0v) is 16.8. The van der Waals surface area contributed by atoms with Gasteiger partial charge in [0.25, 0.3) is 0 Å². The van der Waals surface area contributed by atoms with Gasteiger partial charge < -0.3 is 19.5 Å². The predicted octanol–water partition coefficient (Wildman–Crippen LogP) is 3.68. The summed E-state index contributed by atoms with van der Waals surface area (Å²) in [6, 6.07) is 18.1. The molecule has 2 heterocycles. The molecular formula is C23H28N2O4. The van der Waals surface area contributed by atoms with Gasteiger partial charge in [-0.2, -0.15) is 0 Å². The minimum Gasteiger partial charge on any atom is -0.441 e. The third kappa shape index (κ3) is 4.78. The van der Waals surface area contributed by atoms with Crippen molar-refractivity contribution in [2.45, 2.75) is 50.7 Å². The summed E-state index contributed by atoms with van der Waals surface area (Å²) in [6.45, 7) is 5.91. The number of carbonyl (C=O) groups is 1. The van der Waals surface area contributed by atoms with E-state index in [1.807, 2.05) is 42.5 Å². The van der Waals surface area contributed by atoms with Gasteiger partial charge in [-0.15, -0.1) is 0 Å². The van der Waals surface area contributed by atoms with Gasteiger partial charge in [0.1, 0.15) is 12.2 Å². The topological polar surface area (TPSA) is 68.8 Å². The summed E-state index contributed by atoms with van der Waals surface area (Å²) in [5.41, 5.74) is 3.15. The van der Waals surface area contributed by atoms with Crippen LogP contribution >= 0.6 is 0 Å². The second kappa shape index (κ2) is 8.95. The van der Waals surface area contributed by atoms with E-state index in [2.05, 4.69) is 36.6 Å². The highest BCUT2D eigenvalue weighted by Crippen LogP contribution is 2.29. The molecule has 4 atom stereocenters. The number of hydrogen-bond donors (Lipinski definition) is 2. The van der Waals surface area contributed by atoms with E-state index in [0.717, 1.165) is 6.54 Å². The van der Waals surface area contributed by atoms with E-state index < -0.39 is 12.2 Å². The van der Waals surface area contributed by atoms with Crippen LogP contribution < -0.4 is 10.6 Å². The fourth-order valence-electron chi connectivity index (χ4n) is 3.82. The van der Waals surface area contributed by atoms with E-state index in [0.29, 0.717) is 24.8 Å². The Morgan fingerprint density at radius 2 is 1.76 bits per heavy atom. The lowest BCUT2D eigenvalue weighted by Gasteiger charge is -2.18. The molecule has 29 heavy (non-hydrogen) atoms. The number of hydrogen-bond acceptors (Lipinski definition) is 5. The average Bonchev–Trinajstić information content (AvgIpc) is 3.30. The quantitative estimate of drug-likeness (QED) is 0.780. The highest BCUT2D eigenvalue weighted by atomic mass is 16.6. The molecule has 1 amide bonds. The first-order valence-electron chi connectivity index (χ1n) is 10.2. The van der Waals surface area contributed by atoms with Crippen molar-refractivity contribution < 1.29 is 19.0 Å². The molecule has 2 fully saturated rings. The fourth-order valence-corrected chi connectivity index (χ4v) is 3.82. The lowest BCUT2D eigenvalue weighted by Crippen LogP contribution is -2.41. The molecule has 2 aliphatic rings. The van der Waals surface area contributed by atoms with Crippen molar-refractivity contribution >= 4 is 11.8 Å². The van der Waals surface area contributed by atoms with Crippen LogP contribution in [0.2, 0.25) is 0 Å². The Kier molecular flexibility index (Phi) is 6.13. The van der Waals surface area contributed by atoms with Crippen molar-refractivity contribution in [1.29, 1.82) is 0 Å². The summed E-state index contributed by atoms with van der Waals surface area (Å²) in [4.78, 5) is 12.3. The molecule has 6 heteroatoms. The van der Waals surface area contributed by atoms with Crippen LogP contribution in [0.5, 0.6) is 0 Å². The lowest BCUT2D eigenvalue weighted by atomic mass is 10.0. The monoisotopic (exact) mass is 396 g/mol. The van der Waals surface area contributed by atoms with E-state index >= 15 is 0 Å². The van der Waals surface area contributed by atoms with Crippen molar-refractivity contribution in [3.8, 4) is 0 Å². The molecule has 0 radical (unpaired) electrons. The van der Waals surface area contributed by atoms with Crippen molar-refractivity contribution in [3.63, 3.8) is 0 Å². The largest absolute Gasteiger partial charge is 0.441 e. The van der Waals surface area contributed by atoms with Gasteiger partial charge in [-0.3, -0.25) is 5.32 Å². The smallest absolute Gasteiger partial charge is 0.412 e. The molecule has 2 N–H and O–H groups in total. The molecule has 4 unspecified atom stereocenters. The van der Waals surface area contributed by atoms with Crippen molar-refractivity contribution in [2.24, 2.45) is 0 Å². The highest BCUT2D eigenvalue weighted by molar-refractivity contribution is 5.84. The maximum absolute atomic E-state index is 12.3. The zero-order valence-electron chi connectivity index (χ0n) is 16.8. The molecule has 0 saturated carbocycles. The molecule has 2 aromatic rings. The number of fused-ring (bicyclic) bond motifs is 1. The van der Waals surface area contributed by atoms with E-state index in [4.69, 9.17) is 14.2 Å². The third-order valence-electron chi connectivity index (χ3n) is 5.50. The minimum absolute atomic E-state index is 0.0837. The fraction of sp³-hybridized carbons (Fsp3) is 0.435. The average molecular weight is 396 g/mol. The molecule has 4 rings (SSSR count). The van der Waals surface area contributed by atoms with Crippen molar-refractivity contribution in [3.05, 3.63) is 65.7 Å². The Balaban J connectivity index is 1.27. The lowest BCUT2D eigenvalue weighted by molar-refractivity contribution is 0.00854. The van der Waals surface area contributed by atoms with E-state index in [-0.39, 0.29) is 18.2 Å². The van der Waals surface area contributed by atoms with Gasteiger partial charge in [0.2, 0.25) is 0 Å². The van der Waals surface area contributed by atoms with Crippen LogP contribution in [-0.2, 0) is 20.8 Å². The third-order valence-corrected chi connectivity index (χ3v) is 5.50. The highest BCUT2D eigenvalue weighted by Gasteiger charge is 2.49. The second-order valence-electron chi connectivity index (χ2n) is 7.91. The Morgan fingerprint density at radius 3 is 2.48 bits per heavy atom. The van der Waals surface area contributed by atoms with Gasteiger partial charge in [0.05, 0.1) is 19.3 Å². The van der Waals surface area contributed by atoms with Gasteiger partial charge in [-0.1, -0.05) is 56.3 Å². The van der Waals surface area contributed by atoms with Crippen molar-refractivity contribution in [1.82, 2.24) is 5.32 Å². The van der Waals surface area contributed by atoms with Crippen LogP contribution in [0.3, 0.4) is 0 Å². The van der Waals surface area contributed by atoms with Gasteiger partial charge in [-0.25, -0.2) is 4.79 Å². The second-order valence-corrected chi connectivity index (χ2v) is 7.91. The maximum Gasteiger partial charge on any atom is 0.412 e. The normalized spacial score (nSPS) is 25.8. The molecule has 0 bridgehead atoms. The Labute approximate surface area is 171 Å². The number of rotatable bonds is 6. The summed E-state index contributed by atoms with van der Waals surface area (Å²) in [5.74, 6) is 0.450. The van der Waals surface area contributed by atoms with Gasteiger partial charge in [-0.05, 0) is 29.2 Å². The van der Waals surface area contributed by atoms with Crippen LogP contribution in [0.25, 0.3) is 0 Å². The number of ether oxygens (including phenoxy) is 3. The molecule has 2 aliphatic heterocycles. The SMILES string of the molecule is CC(C)c1ccc(NC(=O)OC2COC3C(NCc4ccccc4)COC23)cc1. The summed E-state index contributed by atoms with van der Waals surface area (Å²) >= 11 is 0. The molecular weight excluding hydrogens is 368 g/mol. The molecule has 2 aromatic carbocycles. The summed E-state index contributed by atoms with van der Waals surface area (Å²) in [5, 5.41) is 6.28. The zero-order chi connectivity index (χ0) is 20.2. The number of anilines is 1. The standard InChI is InChI=1S/C23H28N2O4/c1-15(2)17-8-10-18(11-9-17)25-23(26)29-20-14-28-21-19(13-27-22(20)21)24-12-16-6-4-3-5-7-16/h3-11,15,19-22,24H,12-14H2,1-2H3,(H,25,26). The van der Waals surface area contributed by atoms with Crippen LogP contribution in [-0.4, -0.2) is 43.7 Å². The van der Waals surface area contributed by atoms with Crippen LogP contribution in [0.15, 0.2) is 54.6 Å². The molecule has 2 saturated heterocycles. The van der Waals surface area contributed by atoms with Gasteiger partial charge in [0, 0.05) is 12.2 Å². The van der Waals surface area contributed by atoms with E-state index in [1.54, 1.807) is 0 Å². The van der Waals surface area contributed by atoms with E-state index in [9.17, 15) is 4.79 Å². The number of nitrogens with one attached hydrogen (secondary N) is 2. The molecule has 0 aliphatic carbocycles. The number of carbonyl (C=O) groups excluding carboxylic acids is 1. The minimum atomic E-state index is -0.485. The van der Waals surface area contributed by atoms with Gasteiger partial charge >= 0.3 is 6.09 Å². The van der Waals surface area contributed by atoms with Gasteiger partial charge in [0.15, 0.2) is 6.10 Å². The molecule has 0 aromatic heterocycles. The Bertz CT molecular complexity index is 809. The molecule has 0 spiro atoms. The maximum atomic E-state index is 12.3. The Hall–Kier alpha value is -2.41. The first-order chi connectivity index (χ1) is 14.1. The molecule has 154 valence electrons. The van der Waals surface area contributed by atoms with E-state index in [1.165, 1.54) is 11.1 Å².